The van der Waals surface area contributed by atoms with Crippen LogP contribution < -0.4 is 16.2 Å². The molecule has 1 aromatic rings. The van der Waals surface area contributed by atoms with Gasteiger partial charge in [0.15, 0.2) is 0 Å². The Morgan fingerprint density at radius 3 is 2.53 bits per heavy atom. The second kappa shape index (κ2) is 4.17. The Morgan fingerprint density at radius 1 is 1.53 bits per heavy atom. The molecule has 0 unspecified atom stereocenters. The van der Waals surface area contributed by atoms with E-state index in [0.717, 1.165) is 6.07 Å². The van der Waals surface area contributed by atoms with Crippen LogP contribution in [0.1, 0.15) is 16.1 Å². The summed E-state index contributed by atoms with van der Waals surface area (Å²) in [6.07, 6.45) is -5.05. The number of ether oxygens (including phenoxy) is 1. The Bertz CT molecular complexity index is 507. The van der Waals surface area contributed by atoms with E-state index in [2.05, 4.69) is 9.72 Å². The SMILES string of the molecule is N#Cc1c(N)cc(C(N)=O)nc1OC(F)(F)F. The Morgan fingerprint density at radius 2 is 2.12 bits per heavy atom. The quantitative estimate of drug-likeness (QED) is 0.789. The van der Waals surface area contributed by atoms with Gasteiger partial charge in [0, 0.05) is 0 Å². The first-order valence-corrected chi connectivity index (χ1v) is 4.00. The third-order valence-corrected chi connectivity index (χ3v) is 1.59. The minimum Gasteiger partial charge on any atom is -0.397 e. The topological polar surface area (TPSA) is 115 Å². The van der Waals surface area contributed by atoms with Crippen molar-refractivity contribution in [2.24, 2.45) is 5.73 Å². The number of nitriles is 1. The lowest BCUT2D eigenvalue weighted by atomic mass is 10.2. The van der Waals surface area contributed by atoms with E-state index in [9.17, 15) is 18.0 Å². The number of alkyl halides is 3. The van der Waals surface area contributed by atoms with E-state index in [1.54, 1.807) is 0 Å². The van der Waals surface area contributed by atoms with E-state index < -0.39 is 29.4 Å². The van der Waals surface area contributed by atoms with Crippen molar-refractivity contribution in [3.05, 3.63) is 17.3 Å². The van der Waals surface area contributed by atoms with Crippen molar-refractivity contribution < 1.29 is 22.7 Å². The summed E-state index contributed by atoms with van der Waals surface area (Å²) < 4.78 is 39.5. The summed E-state index contributed by atoms with van der Waals surface area (Å²) in [5, 5.41) is 8.59. The Labute approximate surface area is 92.6 Å². The van der Waals surface area contributed by atoms with Gasteiger partial charge in [-0.25, -0.2) is 4.98 Å². The summed E-state index contributed by atoms with van der Waals surface area (Å²) in [6, 6.07) is 2.28. The van der Waals surface area contributed by atoms with Gasteiger partial charge in [-0.05, 0) is 6.07 Å². The fourth-order valence-corrected chi connectivity index (χ4v) is 0.963. The maximum absolute atomic E-state index is 12.0. The molecular weight excluding hydrogens is 241 g/mol. The van der Waals surface area contributed by atoms with Crippen molar-refractivity contribution in [2.45, 2.75) is 6.36 Å². The zero-order chi connectivity index (χ0) is 13.2. The normalized spacial score (nSPS) is 10.7. The summed E-state index contributed by atoms with van der Waals surface area (Å²) in [5.74, 6) is -2.19. The molecule has 6 nitrogen and oxygen atoms in total. The maximum atomic E-state index is 12.0. The number of primary amides is 1. The van der Waals surface area contributed by atoms with Crippen molar-refractivity contribution in [3.63, 3.8) is 0 Å². The van der Waals surface area contributed by atoms with Crippen molar-refractivity contribution in [3.8, 4) is 11.9 Å². The van der Waals surface area contributed by atoms with Crippen LogP contribution in [0.5, 0.6) is 5.88 Å². The second-order valence-corrected chi connectivity index (χ2v) is 2.80. The number of pyridine rings is 1. The smallest absolute Gasteiger partial charge is 0.397 e. The number of anilines is 1. The number of carbonyl (C=O) groups excluding carboxylic acids is 1. The van der Waals surface area contributed by atoms with E-state index in [0.29, 0.717) is 0 Å². The monoisotopic (exact) mass is 246 g/mol. The molecule has 0 spiro atoms. The molecule has 0 aromatic carbocycles. The van der Waals surface area contributed by atoms with Crippen molar-refractivity contribution in [2.75, 3.05) is 5.73 Å². The molecule has 1 amide bonds. The summed E-state index contributed by atoms with van der Waals surface area (Å²) in [5.41, 5.74) is 8.58. The van der Waals surface area contributed by atoms with E-state index in [1.165, 1.54) is 6.07 Å². The van der Waals surface area contributed by atoms with Crippen LogP contribution in [-0.2, 0) is 0 Å². The van der Waals surface area contributed by atoms with Gasteiger partial charge in [0.25, 0.3) is 5.91 Å². The lowest BCUT2D eigenvalue weighted by molar-refractivity contribution is -0.276. The van der Waals surface area contributed by atoms with Gasteiger partial charge < -0.3 is 16.2 Å². The third-order valence-electron chi connectivity index (χ3n) is 1.59. The molecule has 0 saturated heterocycles. The molecule has 0 atom stereocenters. The Hall–Kier alpha value is -2.50. The van der Waals surface area contributed by atoms with Crippen molar-refractivity contribution in [1.29, 1.82) is 5.26 Å². The molecule has 0 fully saturated rings. The number of nitrogen functional groups attached to an aromatic ring is 1. The molecule has 17 heavy (non-hydrogen) atoms. The largest absolute Gasteiger partial charge is 0.574 e. The Kier molecular flexibility index (Phi) is 3.08. The number of carbonyl (C=O) groups is 1. The van der Waals surface area contributed by atoms with Crippen molar-refractivity contribution >= 4 is 11.6 Å². The van der Waals surface area contributed by atoms with E-state index in [1.807, 2.05) is 0 Å². The van der Waals surface area contributed by atoms with Crippen LogP contribution in [-0.4, -0.2) is 17.3 Å². The van der Waals surface area contributed by atoms with Gasteiger partial charge in [-0.1, -0.05) is 0 Å². The summed E-state index contributed by atoms with van der Waals surface area (Å²) >= 11 is 0. The van der Waals surface area contributed by atoms with Gasteiger partial charge >= 0.3 is 6.36 Å². The van der Waals surface area contributed by atoms with Gasteiger partial charge in [-0.3, -0.25) is 4.79 Å². The predicted molar refractivity (Wildman–Crippen MR) is 48.6 cm³/mol. The number of aromatic nitrogens is 1. The number of amides is 1. The zero-order valence-corrected chi connectivity index (χ0v) is 8.08. The van der Waals surface area contributed by atoms with Crippen LogP contribution in [0.15, 0.2) is 6.07 Å². The number of hydrogen-bond acceptors (Lipinski definition) is 5. The first-order valence-electron chi connectivity index (χ1n) is 4.00. The Balaban J connectivity index is 3.35. The van der Waals surface area contributed by atoms with Gasteiger partial charge in [-0.2, -0.15) is 5.26 Å². The molecule has 0 bridgehead atoms. The first kappa shape index (κ1) is 12.6. The predicted octanol–water partition coefficient (Wildman–Crippen LogP) is 0.533. The maximum Gasteiger partial charge on any atom is 0.574 e. The number of nitrogens with two attached hydrogens (primary N) is 2. The average Bonchev–Trinajstić information content (AvgIpc) is 2.14. The molecule has 9 heteroatoms. The fourth-order valence-electron chi connectivity index (χ4n) is 0.963. The molecule has 0 aliphatic heterocycles. The average molecular weight is 246 g/mol. The van der Waals surface area contributed by atoms with Crippen LogP contribution in [0.4, 0.5) is 18.9 Å². The van der Waals surface area contributed by atoms with Gasteiger partial charge in [0.05, 0.1) is 5.69 Å². The van der Waals surface area contributed by atoms with Crippen LogP contribution in [0, 0.1) is 11.3 Å². The summed E-state index contributed by atoms with van der Waals surface area (Å²) in [4.78, 5) is 13.9. The van der Waals surface area contributed by atoms with Gasteiger partial charge in [0.1, 0.15) is 17.3 Å². The number of rotatable bonds is 2. The zero-order valence-electron chi connectivity index (χ0n) is 8.08. The van der Waals surface area contributed by atoms with Gasteiger partial charge in [0.2, 0.25) is 5.88 Å². The number of halogens is 3. The van der Waals surface area contributed by atoms with Crippen LogP contribution >= 0.6 is 0 Å². The third kappa shape index (κ3) is 2.97. The highest BCUT2D eigenvalue weighted by atomic mass is 19.4. The molecule has 1 heterocycles. The highest BCUT2D eigenvalue weighted by Crippen LogP contribution is 2.28. The highest BCUT2D eigenvalue weighted by molar-refractivity contribution is 5.92. The number of nitrogens with zero attached hydrogens (tertiary/aromatic N) is 2. The summed E-state index contributed by atoms with van der Waals surface area (Å²) in [7, 11) is 0. The molecule has 0 aliphatic rings. The molecule has 0 aliphatic carbocycles. The molecule has 4 N–H and O–H groups in total. The number of hydrogen-bond donors (Lipinski definition) is 2. The van der Waals surface area contributed by atoms with Crippen LogP contribution in [0.25, 0.3) is 0 Å². The molecule has 90 valence electrons. The lowest BCUT2D eigenvalue weighted by Gasteiger charge is -2.11. The van der Waals surface area contributed by atoms with Gasteiger partial charge in [-0.15, -0.1) is 13.2 Å². The molecule has 0 saturated carbocycles. The molecule has 1 rings (SSSR count). The van der Waals surface area contributed by atoms with Crippen LogP contribution in [0.3, 0.4) is 0 Å². The first-order chi connectivity index (χ1) is 7.74. The lowest BCUT2D eigenvalue weighted by Crippen LogP contribution is -2.21. The molecular formula is C8H5F3N4O2. The van der Waals surface area contributed by atoms with Crippen LogP contribution in [0.2, 0.25) is 0 Å². The second-order valence-electron chi connectivity index (χ2n) is 2.80. The standard InChI is InChI=1S/C8H5F3N4O2/c9-8(10,11)17-7-3(2-12)4(13)1-5(15-7)6(14)16/h1H,(H2,13,15)(H2,14,16). The minimum atomic E-state index is -5.05. The van der Waals surface area contributed by atoms with Crippen molar-refractivity contribution in [1.82, 2.24) is 4.98 Å². The highest BCUT2D eigenvalue weighted by Gasteiger charge is 2.34. The minimum absolute atomic E-state index is 0.379. The fraction of sp³-hybridized carbons (Fsp3) is 0.125. The molecule has 1 aromatic heterocycles. The molecule has 0 radical (unpaired) electrons. The van der Waals surface area contributed by atoms with E-state index >= 15 is 0 Å². The van der Waals surface area contributed by atoms with E-state index in [-0.39, 0.29) is 5.69 Å². The summed E-state index contributed by atoms with van der Waals surface area (Å²) in [6.45, 7) is 0. The van der Waals surface area contributed by atoms with E-state index in [4.69, 9.17) is 16.7 Å².